The molecule has 0 bridgehead atoms. The highest BCUT2D eigenvalue weighted by Gasteiger charge is 2.15. The van der Waals surface area contributed by atoms with Crippen molar-refractivity contribution in [2.45, 2.75) is 13.5 Å². The van der Waals surface area contributed by atoms with Gasteiger partial charge in [0.1, 0.15) is 12.2 Å². The lowest BCUT2D eigenvalue weighted by Gasteiger charge is -2.07. The summed E-state index contributed by atoms with van der Waals surface area (Å²) in [5.41, 5.74) is 0.896. The fraction of sp³-hybridized carbons (Fsp3) is 0.167. The Kier molecular flexibility index (Phi) is 3.56. The lowest BCUT2D eigenvalue weighted by Crippen LogP contribution is -2.20. The van der Waals surface area contributed by atoms with Crippen molar-refractivity contribution in [2.24, 2.45) is 0 Å². The van der Waals surface area contributed by atoms with E-state index >= 15 is 0 Å². The number of rotatable bonds is 4. The number of para-hydroxylation sites is 2. The number of nitro groups is 1. The lowest BCUT2D eigenvalue weighted by molar-refractivity contribution is -0.383. The summed E-state index contributed by atoms with van der Waals surface area (Å²) in [5, 5.41) is 17.3. The molecule has 0 spiro atoms. The van der Waals surface area contributed by atoms with Crippen LogP contribution < -0.4 is 5.32 Å². The number of carbonyl (C=O) groups is 1. The van der Waals surface area contributed by atoms with Crippen molar-refractivity contribution in [3.8, 4) is 0 Å². The summed E-state index contributed by atoms with van der Waals surface area (Å²) in [6.45, 7) is 1.84. The Morgan fingerprint density at radius 2 is 2.16 bits per heavy atom. The number of aryl methyl sites for hydroxylation is 1. The molecule has 0 fully saturated rings. The van der Waals surface area contributed by atoms with Gasteiger partial charge in [-0.2, -0.15) is 5.10 Å². The van der Waals surface area contributed by atoms with E-state index in [0.29, 0.717) is 0 Å². The van der Waals surface area contributed by atoms with Crippen LogP contribution in [0, 0.1) is 17.0 Å². The molecule has 2 rings (SSSR count). The maximum Gasteiger partial charge on any atom is 0.292 e. The highest BCUT2D eigenvalue weighted by Crippen LogP contribution is 2.22. The normalized spacial score (nSPS) is 10.2. The summed E-state index contributed by atoms with van der Waals surface area (Å²) in [5.74, 6) is -0.360. The first kappa shape index (κ1) is 12.7. The number of nitrogens with one attached hydrogen (secondary N) is 1. The third kappa shape index (κ3) is 2.95. The minimum atomic E-state index is -0.533. The maximum atomic E-state index is 11.8. The molecule has 7 nitrogen and oxygen atoms in total. The summed E-state index contributed by atoms with van der Waals surface area (Å²) in [7, 11) is 0. The summed E-state index contributed by atoms with van der Waals surface area (Å²) in [4.78, 5) is 22.1. The number of nitrogens with zero attached hydrogens (tertiary/aromatic N) is 3. The number of benzene rings is 1. The standard InChI is InChI=1S/C12H12N4O3/c1-9-6-7-13-15(9)8-12(17)14-10-4-2-3-5-11(10)16(18)19/h2-7H,8H2,1H3,(H,14,17). The molecule has 1 amide bonds. The van der Waals surface area contributed by atoms with Gasteiger partial charge in [-0.15, -0.1) is 0 Å². The number of anilines is 1. The molecule has 0 aliphatic carbocycles. The van der Waals surface area contributed by atoms with Gasteiger partial charge in [0.2, 0.25) is 5.91 Å². The predicted molar refractivity (Wildman–Crippen MR) is 68.7 cm³/mol. The summed E-state index contributed by atoms with van der Waals surface area (Å²) < 4.78 is 1.52. The Labute approximate surface area is 109 Å². The molecule has 0 saturated heterocycles. The molecule has 0 unspecified atom stereocenters. The van der Waals surface area contributed by atoms with E-state index < -0.39 is 4.92 Å². The van der Waals surface area contributed by atoms with Gasteiger partial charge in [-0.05, 0) is 19.1 Å². The zero-order chi connectivity index (χ0) is 13.8. The first-order chi connectivity index (χ1) is 9.08. The van der Waals surface area contributed by atoms with Gasteiger partial charge in [-0.1, -0.05) is 12.1 Å². The van der Waals surface area contributed by atoms with Crippen molar-refractivity contribution >= 4 is 17.3 Å². The van der Waals surface area contributed by atoms with Gasteiger partial charge < -0.3 is 5.32 Å². The topological polar surface area (TPSA) is 90.1 Å². The average Bonchev–Trinajstić information content (AvgIpc) is 2.75. The summed E-state index contributed by atoms with van der Waals surface area (Å²) >= 11 is 0. The fourth-order valence-electron chi connectivity index (χ4n) is 1.63. The van der Waals surface area contributed by atoms with E-state index in [9.17, 15) is 14.9 Å². The molecule has 1 N–H and O–H groups in total. The predicted octanol–water partition coefficient (Wildman–Crippen LogP) is 1.74. The van der Waals surface area contributed by atoms with Gasteiger partial charge in [-0.25, -0.2) is 0 Å². The quantitative estimate of drug-likeness (QED) is 0.669. The molecule has 1 aromatic heterocycles. The second kappa shape index (κ2) is 5.30. The zero-order valence-corrected chi connectivity index (χ0v) is 10.2. The van der Waals surface area contributed by atoms with Crippen LogP contribution in [0.25, 0.3) is 0 Å². The molecule has 0 aliphatic heterocycles. The smallest absolute Gasteiger partial charge is 0.292 e. The average molecular weight is 260 g/mol. The first-order valence-corrected chi connectivity index (χ1v) is 5.59. The molecule has 0 radical (unpaired) electrons. The van der Waals surface area contributed by atoms with Crippen molar-refractivity contribution in [1.29, 1.82) is 0 Å². The van der Waals surface area contributed by atoms with Crippen LogP contribution in [0.1, 0.15) is 5.69 Å². The van der Waals surface area contributed by atoms with Gasteiger partial charge >= 0.3 is 0 Å². The Hall–Kier alpha value is -2.70. The molecule has 2 aromatic rings. The Balaban J connectivity index is 2.11. The Morgan fingerprint density at radius 1 is 1.42 bits per heavy atom. The van der Waals surface area contributed by atoms with Crippen molar-refractivity contribution in [1.82, 2.24) is 9.78 Å². The molecule has 0 saturated carbocycles. The van der Waals surface area contributed by atoms with Crippen molar-refractivity contribution in [3.63, 3.8) is 0 Å². The molecular formula is C12H12N4O3. The monoisotopic (exact) mass is 260 g/mol. The third-order valence-corrected chi connectivity index (χ3v) is 2.60. The fourth-order valence-corrected chi connectivity index (χ4v) is 1.63. The highest BCUT2D eigenvalue weighted by molar-refractivity contribution is 5.92. The van der Waals surface area contributed by atoms with Gasteiger partial charge in [0, 0.05) is 18.0 Å². The van der Waals surface area contributed by atoms with E-state index in [1.54, 1.807) is 24.4 Å². The number of amides is 1. The van der Waals surface area contributed by atoms with E-state index in [1.807, 2.05) is 6.92 Å². The summed E-state index contributed by atoms with van der Waals surface area (Å²) in [6, 6.07) is 7.78. The van der Waals surface area contributed by atoms with E-state index in [0.717, 1.165) is 5.69 Å². The van der Waals surface area contributed by atoms with Crippen LogP contribution in [0.15, 0.2) is 36.5 Å². The van der Waals surface area contributed by atoms with E-state index in [-0.39, 0.29) is 23.8 Å². The van der Waals surface area contributed by atoms with Crippen LogP contribution in [-0.2, 0) is 11.3 Å². The van der Waals surface area contributed by atoms with Crippen LogP contribution in [0.4, 0.5) is 11.4 Å². The van der Waals surface area contributed by atoms with E-state index in [1.165, 1.54) is 16.8 Å². The largest absolute Gasteiger partial charge is 0.319 e. The van der Waals surface area contributed by atoms with Crippen LogP contribution in [0.3, 0.4) is 0 Å². The Morgan fingerprint density at radius 3 is 2.79 bits per heavy atom. The second-order valence-electron chi connectivity index (χ2n) is 3.95. The Bertz CT molecular complexity index is 621. The minimum absolute atomic E-state index is 0.0187. The first-order valence-electron chi connectivity index (χ1n) is 5.59. The van der Waals surface area contributed by atoms with Crippen LogP contribution in [-0.4, -0.2) is 20.6 Å². The van der Waals surface area contributed by atoms with Crippen molar-refractivity contribution < 1.29 is 9.72 Å². The van der Waals surface area contributed by atoms with Gasteiger partial charge in [-0.3, -0.25) is 19.6 Å². The number of hydrogen-bond acceptors (Lipinski definition) is 4. The molecule has 98 valence electrons. The second-order valence-corrected chi connectivity index (χ2v) is 3.95. The molecule has 1 heterocycles. The molecule has 0 atom stereocenters. The maximum absolute atomic E-state index is 11.8. The number of carbonyl (C=O) groups excluding carboxylic acids is 1. The molecule has 19 heavy (non-hydrogen) atoms. The van der Waals surface area contributed by atoms with Crippen molar-refractivity contribution in [2.75, 3.05) is 5.32 Å². The molecule has 1 aromatic carbocycles. The van der Waals surface area contributed by atoms with Gasteiger partial charge in [0.15, 0.2) is 0 Å². The summed E-state index contributed by atoms with van der Waals surface area (Å²) in [6.07, 6.45) is 1.59. The van der Waals surface area contributed by atoms with Crippen LogP contribution >= 0.6 is 0 Å². The number of nitro benzene ring substituents is 1. The lowest BCUT2D eigenvalue weighted by atomic mass is 10.2. The van der Waals surface area contributed by atoms with Gasteiger partial charge in [0.25, 0.3) is 5.69 Å². The van der Waals surface area contributed by atoms with Crippen molar-refractivity contribution in [3.05, 3.63) is 52.3 Å². The molecular weight excluding hydrogens is 248 g/mol. The number of aromatic nitrogens is 2. The zero-order valence-electron chi connectivity index (χ0n) is 10.2. The van der Waals surface area contributed by atoms with Gasteiger partial charge in [0.05, 0.1) is 4.92 Å². The third-order valence-electron chi connectivity index (χ3n) is 2.60. The van der Waals surface area contributed by atoms with E-state index in [4.69, 9.17) is 0 Å². The van der Waals surface area contributed by atoms with Crippen LogP contribution in [0.2, 0.25) is 0 Å². The minimum Gasteiger partial charge on any atom is -0.319 e. The SMILES string of the molecule is Cc1ccnn1CC(=O)Nc1ccccc1[N+](=O)[O-]. The molecule has 7 heteroatoms. The van der Waals surface area contributed by atoms with Crippen LogP contribution in [0.5, 0.6) is 0 Å². The van der Waals surface area contributed by atoms with E-state index in [2.05, 4.69) is 10.4 Å². The number of hydrogen-bond donors (Lipinski definition) is 1. The highest BCUT2D eigenvalue weighted by atomic mass is 16.6. The molecule has 0 aliphatic rings.